The summed E-state index contributed by atoms with van der Waals surface area (Å²) in [5, 5.41) is 7.98. The number of rotatable bonds is 4. The van der Waals surface area contributed by atoms with E-state index in [1.54, 1.807) is 16.9 Å². The number of aromatic amines is 1. The fraction of sp³-hybridized carbons (Fsp3) is 0.250. The van der Waals surface area contributed by atoms with E-state index in [9.17, 15) is 4.39 Å². The van der Waals surface area contributed by atoms with Gasteiger partial charge in [0, 0.05) is 35.6 Å². The lowest BCUT2D eigenvalue weighted by molar-refractivity contribution is 0.326. The number of hydrogen-bond acceptors (Lipinski definition) is 5. The molecule has 1 fully saturated rings. The lowest BCUT2D eigenvalue weighted by Crippen LogP contribution is -2.17. The molecule has 24 heavy (non-hydrogen) atoms. The van der Waals surface area contributed by atoms with Crippen LogP contribution in [0.3, 0.4) is 0 Å². The molecule has 7 nitrogen and oxygen atoms in total. The number of nitrogens with zero attached hydrogens (tertiary/aromatic N) is 5. The Morgan fingerprint density at radius 2 is 2.21 bits per heavy atom. The van der Waals surface area contributed by atoms with Crippen molar-refractivity contribution < 1.29 is 4.39 Å². The van der Waals surface area contributed by atoms with Crippen molar-refractivity contribution in [2.75, 3.05) is 11.9 Å². The molecule has 1 saturated carbocycles. The van der Waals surface area contributed by atoms with Gasteiger partial charge in [0.2, 0.25) is 5.95 Å². The molecule has 5 rings (SSSR count). The number of hydrogen-bond donors (Lipinski definition) is 2. The summed E-state index contributed by atoms with van der Waals surface area (Å²) in [6, 6.07) is 3.75. The van der Waals surface area contributed by atoms with E-state index < -0.39 is 5.67 Å². The molecule has 0 spiro atoms. The summed E-state index contributed by atoms with van der Waals surface area (Å²) in [6.07, 6.45) is 8.38. The molecule has 0 radical (unpaired) electrons. The minimum absolute atomic E-state index is 0.255. The summed E-state index contributed by atoms with van der Waals surface area (Å²) < 4.78 is 15.4. The molecule has 120 valence electrons. The van der Waals surface area contributed by atoms with E-state index in [1.165, 1.54) is 0 Å². The van der Waals surface area contributed by atoms with Crippen LogP contribution in [0.15, 0.2) is 36.9 Å². The zero-order chi connectivity index (χ0) is 16.1. The van der Waals surface area contributed by atoms with Crippen LogP contribution in [0.4, 0.5) is 10.3 Å². The van der Waals surface area contributed by atoms with Crippen LogP contribution in [0.25, 0.3) is 27.9 Å². The lowest BCUT2D eigenvalue weighted by atomic mass is 10.2. The Hall–Kier alpha value is -3.03. The fourth-order valence-corrected chi connectivity index (χ4v) is 2.72. The smallest absolute Gasteiger partial charge is 0.224 e. The van der Waals surface area contributed by atoms with Crippen LogP contribution < -0.4 is 5.32 Å². The topological polar surface area (TPSA) is 83.8 Å². The van der Waals surface area contributed by atoms with Crippen LogP contribution in [0, 0.1) is 0 Å². The number of aromatic nitrogens is 6. The molecule has 0 bridgehead atoms. The third kappa shape index (κ3) is 2.18. The number of alkyl halides is 1. The molecule has 4 aromatic heterocycles. The number of anilines is 1. The molecule has 0 aromatic carbocycles. The molecule has 1 aliphatic carbocycles. The van der Waals surface area contributed by atoms with Gasteiger partial charge in [0.15, 0.2) is 5.65 Å². The molecule has 8 heteroatoms. The first-order valence-electron chi connectivity index (χ1n) is 7.78. The van der Waals surface area contributed by atoms with E-state index in [4.69, 9.17) is 0 Å². The minimum atomic E-state index is -1.08. The maximum absolute atomic E-state index is 13.7. The predicted molar refractivity (Wildman–Crippen MR) is 87.4 cm³/mol. The van der Waals surface area contributed by atoms with Gasteiger partial charge in [0.1, 0.15) is 11.3 Å². The van der Waals surface area contributed by atoms with Crippen LogP contribution in [-0.2, 0) is 0 Å². The Kier molecular flexibility index (Phi) is 2.64. The van der Waals surface area contributed by atoms with Gasteiger partial charge in [-0.05, 0) is 18.9 Å². The second-order valence-electron chi connectivity index (χ2n) is 6.11. The number of fused-ring (bicyclic) bond motifs is 2. The fourth-order valence-electron chi connectivity index (χ4n) is 2.72. The van der Waals surface area contributed by atoms with E-state index in [1.807, 2.05) is 24.5 Å². The second-order valence-corrected chi connectivity index (χ2v) is 6.11. The van der Waals surface area contributed by atoms with E-state index in [0.717, 1.165) is 22.3 Å². The van der Waals surface area contributed by atoms with Gasteiger partial charge in [-0.3, -0.25) is 0 Å². The van der Waals surface area contributed by atoms with Crippen LogP contribution in [0.5, 0.6) is 0 Å². The van der Waals surface area contributed by atoms with Crippen molar-refractivity contribution in [2.24, 2.45) is 0 Å². The van der Waals surface area contributed by atoms with Crippen molar-refractivity contribution in [1.82, 2.24) is 29.5 Å². The van der Waals surface area contributed by atoms with E-state index >= 15 is 0 Å². The lowest BCUT2D eigenvalue weighted by Gasteiger charge is -2.07. The van der Waals surface area contributed by atoms with Crippen molar-refractivity contribution in [3.05, 3.63) is 36.9 Å². The van der Waals surface area contributed by atoms with Crippen LogP contribution >= 0.6 is 0 Å². The summed E-state index contributed by atoms with van der Waals surface area (Å²) in [7, 11) is 0. The third-order valence-electron chi connectivity index (χ3n) is 4.32. The highest BCUT2D eigenvalue weighted by molar-refractivity contribution is 5.92. The van der Waals surface area contributed by atoms with Gasteiger partial charge in [-0.25, -0.2) is 18.9 Å². The Morgan fingerprint density at radius 1 is 1.29 bits per heavy atom. The molecule has 0 atom stereocenters. The summed E-state index contributed by atoms with van der Waals surface area (Å²) in [4.78, 5) is 16.4. The van der Waals surface area contributed by atoms with Crippen molar-refractivity contribution in [2.45, 2.75) is 18.5 Å². The number of H-pyrrole nitrogens is 1. The largest absolute Gasteiger partial charge is 0.351 e. The van der Waals surface area contributed by atoms with Gasteiger partial charge >= 0.3 is 0 Å². The average Bonchev–Trinajstić information content (AvgIpc) is 3.02. The molecule has 0 saturated heterocycles. The molecule has 0 amide bonds. The molecular weight excluding hydrogens is 309 g/mol. The average molecular weight is 323 g/mol. The van der Waals surface area contributed by atoms with Crippen molar-refractivity contribution >= 4 is 22.6 Å². The summed E-state index contributed by atoms with van der Waals surface area (Å²) in [5.74, 6) is 0.430. The Morgan fingerprint density at radius 3 is 3.08 bits per heavy atom. The van der Waals surface area contributed by atoms with Gasteiger partial charge in [0.05, 0.1) is 18.4 Å². The monoisotopic (exact) mass is 323 g/mol. The van der Waals surface area contributed by atoms with Crippen LogP contribution in [0.2, 0.25) is 0 Å². The van der Waals surface area contributed by atoms with Crippen molar-refractivity contribution in [3.8, 4) is 11.3 Å². The molecule has 2 N–H and O–H groups in total. The first kappa shape index (κ1) is 13.4. The summed E-state index contributed by atoms with van der Waals surface area (Å²) in [6.45, 7) is 0.255. The third-order valence-corrected chi connectivity index (χ3v) is 4.32. The number of nitrogens with one attached hydrogen (secondary N) is 2. The van der Waals surface area contributed by atoms with E-state index in [-0.39, 0.29) is 6.54 Å². The minimum Gasteiger partial charge on any atom is -0.351 e. The van der Waals surface area contributed by atoms with Gasteiger partial charge < -0.3 is 10.3 Å². The van der Waals surface area contributed by atoms with Crippen LogP contribution in [0.1, 0.15) is 12.8 Å². The highest BCUT2D eigenvalue weighted by Crippen LogP contribution is 2.39. The molecular formula is C16H14FN7. The Labute approximate surface area is 136 Å². The van der Waals surface area contributed by atoms with Gasteiger partial charge in [0.25, 0.3) is 0 Å². The maximum Gasteiger partial charge on any atom is 0.224 e. The van der Waals surface area contributed by atoms with E-state index in [0.29, 0.717) is 24.4 Å². The summed E-state index contributed by atoms with van der Waals surface area (Å²) in [5.41, 5.74) is 2.13. The first-order chi connectivity index (χ1) is 11.7. The SMILES string of the molecule is FC1(CNc2ncc3c(-c4ccn5nccc5n4)c[nH]c3n2)CC1. The molecule has 4 aromatic rings. The molecule has 0 unspecified atom stereocenters. The van der Waals surface area contributed by atoms with Gasteiger partial charge in [-0.15, -0.1) is 0 Å². The normalized spacial score (nSPS) is 15.9. The van der Waals surface area contributed by atoms with Gasteiger partial charge in [-0.1, -0.05) is 0 Å². The standard InChI is InChI=1S/C16H14FN7/c17-16(3-4-16)9-20-15-19-8-11-10(7-18-14(11)23-15)12-2-6-24-13(22-12)1-5-21-24/h1-2,5-8H,3-4,9H2,(H2,18,19,20,23). The second kappa shape index (κ2) is 4.73. The first-order valence-corrected chi connectivity index (χ1v) is 7.78. The van der Waals surface area contributed by atoms with Gasteiger partial charge in [-0.2, -0.15) is 10.1 Å². The zero-order valence-corrected chi connectivity index (χ0v) is 12.7. The highest BCUT2D eigenvalue weighted by Gasteiger charge is 2.43. The molecule has 0 aliphatic heterocycles. The highest BCUT2D eigenvalue weighted by atomic mass is 19.1. The molecule has 4 heterocycles. The Balaban J connectivity index is 1.50. The van der Waals surface area contributed by atoms with Crippen LogP contribution in [-0.4, -0.2) is 41.8 Å². The van der Waals surface area contributed by atoms with Crippen molar-refractivity contribution in [1.29, 1.82) is 0 Å². The van der Waals surface area contributed by atoms with Crippen molar-refractivity contribution in [3.63, 3.8) is 0 Å². The zero-order valence-electron chi connectivity index (χ0n) is 12.7. The summed E-state index contributed by atoms with van der Waals surface area (Å²) >= 11 is 0. The maximum atomic E-state index is 13.7. The quantitative estimate of drug-likeness (QED) is 0.603. The van der Waals surface area contributed by atoms with E-state index in [2.05, 4.69) is 30.4 Å². The predicted octanol–water partition coefficient (Wildman–Crippen LogP) is 2.58. The number of halogens is 1. The molecule has 1 aliphatic rings. The Bertz CT molecular complexity index is 1050.